The van der Waals surface area contributed by atoms with Gasteiger partial charge in [0.05, 0.1) is 22.8 Å². The molecule has 1 atom stereocenters. The van der Waals surface area contributed by atoms with Gasteiger partial charge in [0.1, 0.15) is 5.69 Å². The van der Waals surface area contributed by atoms with Gasteiger partial charge in [0, 0.05) is 17.1 Å². The van der Waals surface area contributed by atoms with E-state index in [2.05, 4.69) is 40.3 Å². The van der Waals surface area contributed by atoms with Gasteiger partial charge in [-0.1, -0.05) is 18.2 Å². The van der Waals surface area contributed by atoms with E-state index in [4.69, 9.17) is 10.8 Å². The Kier molecular flexibility index (Phi) is 3.51. The van der Waals surface area contributed by atoms with Gasteiger partial charge >= 0.3 is 0 Å². The van der Waals surface area contributed by atoms with Crippen molar-refractivity contribution in [2.24, 2.45) is 5.73 Å². The lowest BCUT2D eigenvalue weighted by atomic mass is 10.1. The highest BCUT2D eigenvalue weighted by molar-refractivity contribution is 7.22. The van der Waals surface area contributed by atoms with Crippen LogP contribution < -0.4 is 5.73 Å². The number of fused-ring (bicyclic) bond motifs is 2. The van der Waals surface area contributed by atoms with Crippen molar-refractivity contribution in [3.8, 4) is 10.6 Å². The third-order valence-corrected chi connectivity index (χ3v) is 5.58. The molecular formula is C20H15N5S. The number of pyridine rings is 1. The summed E-state index contributed by atoms with van der Waals surface area (Å²) in [5.74, 6) is 0. The summed E-state index contributed by atoms with van der Waals surface area (Å²) in [6, 6.07) is 18.0. The molecular weight excluding hydrogens is 342 g/mol. The molecule has 5 aromatic rings. The molecule has 1 unspecified atom stereocenters. The second kappa shape index (κ2) is 6.01. The first-order chi connectivity index (χ1) is 12.8. The molecule has 0 bridgehead atoms. The molecule has 4 aromatic heterocycles. The monoisotopic (exact) mass is 357 g/mol. The van der Waals surface area contributed by atoms with E-state index < -0.39 is 0 Å². The fourth-order valence-corrected chi connectivity index (χ4v) is 4.13. The molecule has 26 heavy (non-hydrogen) atoms. The highest BCUT2D eigenvalue weighted by atomic mass is 32.1. The molecule has 0 radical (unpaired) electrons. The molecule has 126 valence electrons. The summed E-state index contributed by atoms with van der Waals surface area (Å²) < 4.78 is 3.13. The Morgan fingerprint density at radius 1 is 1.00 bits per heavy atom. The zero-order chi connectivity index (χ0) is 17.5. The maximum Gasteiger partial charge on any atom is 0.154 e. The summed E-state index contributed by atoms with van der Waals surface area (Å²) in [6.07, 6.45) is 5.36. The zero-order valence-electron chi connectivity index (χ0n) is 13.8. The van der Waals surface area contributed by atoms with E-state index in [1.807, 2.05) is 35.0 Å². The minimum Gasteiger partial charge on any atom is -0.319 e. The van der Waals surface area contributed by atoms with Crippen LogP contribution in [-0.2, 0) is 0 Å². The second-order valence-electron chi connectivity index (χ2n) is 6.08. The maximum atomic E-state index is 6.40. The van der Waals surface area contributed by atoms with E-state index >= 15 is 0 Å². The van der Waals surface area contributed by atoms with Crippen molar-refractivity contribution in [3.63, 3.8) is 0 Å². The smallest absolute Gasteiger partial charge is 0.154 e. The van der Waals surface area contributed by atoms with Gasteiger partial charge in [0.2, 0.25) is 0 Å². The first kappa shape index (κ1) is 15.2. The largest absolute Gasteiger partial charge is 0.319 e. The number of benzene rings is 1. The molecule has 2 N–H and O–H groups in total. The van der Waals surface area contributed by atoms with Gasteiger partial charge in [0.15, 0.2) is 5.65 Å². The molecule has 1 aromatic carbocycles. The number of hydrogen-bond acceptors (Lipinski definition) is 5. The summed E-state index contributed by atoms with van der Waals surface area (Å²) in [6.45, 7) is 0. The van der Waals surface area contributed by atoms with Crippen molar-refractivity contribution in [1.29, 1.82) is 0 Å². The Morgan fingerprint density at radius 2 is 1.85 bits per heavy atom. The van der Waals surface area contributed by atoms with Crippen LogP contribution in [0.5, 0.6) is 0 Å². The van der Waals surface area contributed by atoms with Crippen LogP contribution in [0.3, 0.4) is 0 Å². The van der Waals surface area contributed by atoms with Crippen LogP contribution in [0.15, 0.2) is 73.2 Å². The highest BCUT2D eigenvalue weighted by Gasteiger charge is 2.15. The van der Waals surface area contributed by atoms with Crippen LogP contribution >= 0.6 is 11.3 Å². The van der Waals surface area contributed by atoms with Crippen LogP contribution in [0, 0.1) is 0 Å². The van der Waals surface area contributed by atoms with Crippen molar-refractivity contribution in [1.82, 2.24) is 19.6 Å². The van der Waals surface area contributed by atoms with E-state index in [1.54, 1.807) is 23.7 Å². The second-order valence-corrected chi connectivity index (χ2v) is 7.16. The van der Waals surface area contributed by atoms with Gasteiger partial charge in [-0.3, -0.25) is 4.98 Å². The summed E-state index contributed by atoms with van der Waals surface area (Å²) in [7, 11) is 0. The number of nitrogens with zero attached hydrogens (tertiary/aromatic N) is 4. The third-order valence-electron chi connectivity index (χ3n) is 4.44. The highest BCUT2D eigenvalue weighted by Crippen LogP contribution is 2.33. The van der Waals surface area contributed by atoms with E-state index in [0.29, 0.717) is 0 Å². The van der Waals surface area contributed by atoms with Crippen LogP contribution in [-0.4, -0.2) is 19.6 Å². The predicted octanol–water partition coefficient (Wildman–Crippen LogP) is 4.05. The number of hydrogen-bond donors (Lipinski definition) is 1. The van der Waals surface area contributed by atoms with E-state index in [-0.39, 0.29) is 6.04 Å². The van der Waals surface area contributed by atoms with Gasteiger partial charge in [-0.05, 0) is 47.3 Å². The SMILES string of the molecule is NC(c1ccncc1)c1ccc2ncc(-c3cc4ccccc4s3)n2n1. The standard InChI is InChI=1S/C20H15N5S/c21-20(13-7-9-22-10-8-13)15-5-6-19-23-12-16(25(19)24-15)18-11-14-3-1-2-4-17(14)26-18/h1-12,20H,21H2. The van der Waals surface area contributed by atoms with E-state index in [9.17, 15) is 0 Å². The predicted molar refractivity (Wildman–Crippen MR) is 104 cm³/mol. The molecule has 0 aliphatic rings. The number of aromatic nitrogens is 4. The van der Waals surface area contributed by atoms with Crippen molar-refractivity contribution in [2.45, 2.75) is 6.04 Å². The van der Waals surface area contributed by atoms with E-state index in [1.165, 1.54) is 10.1 Å². The molecule has 0 fully saturated rings. The van der Waals surface area contributed by atoms with Gasteiger partial charge in [0.25, 0.3) is 0 Å². The van der Waals surface area contributed by atoms with Crippen molar-refractivity contribution >= 4 is 27.1 Å². The average Bonchev–Trinajstić information content (AvgIpc) is 3.31. The fraction of sp³-hybridized carbons (Fsp3) is 0.0500. The number of thiophene rings is 1. The number of rotatable bonds is 3. The molecule has 0 saturated carbocycles. The quantitative estimate of drug-likeness (QED) is 0.529. The van der Waals surface area contributed by atoms with Gasteiger partial charge in [-0.2, -0.15) is 5.10 Å². The molecule has 0 aliphatic carbocycles. The topological polar surface area (TPSA) is 69.1 Å². The Bertz CT molecular complexity index is 1180. The van der Waals surface area contributed by atoms with Crippen molar-refractivity contribution in [2.75, 3.05) is 0 Å². The van der Waals surface area contributed by atoms with Crippen molar-refractivity contribution < 1.29 is 0 Å². The summed E-state index contributed by atoms with van der Waals surface area (Å²) in [4.78, 5) is 9.68. The van der Waals surface area contributed by atoms with Crippen LogP contribution in [0.25, 0.3) is 26.3 Å². The summed E-state index contributed by atoms with van der Waals surface area (Å²) in [5, 5.41) is 6.00. The summed E-state index contributed by atoms with van der Waals surface area (Å²) in [5.41, 5.74) is 9.97. The fourth-order valence-electron chi connectivity index (χ4n) is 3.07. The lowest BCUT2D eigenvalue weighted by Gasteiger charge is -2.11. The Labute approximate surface area is 153 Å². The zero-order valence-corrected chi connectivity index (χ0v) is 14.6. The first-order valence-electron chi connectivity index (χ1n) is 8.29. The van der Waals surface area contributed by atoms with E-state index in [0.717, 1.165) is 27.5 Å². The van der Waals surface area contributed by atoms with Gasteiger partial charge in [-0.25, -0.2) is 9.50 Å². The average molecular weight is 357 g/mol. The lowest BCUT2D eigenvalue weighted by Crippen LogP contribution is -2.15. The van der Waals surface area contributed by atoms with Crippen LogP contribution in [0.4, 0.5) is 0 Å². The molecule has 0 saturated heterocycles. The molecule has 0 aliphatic heterocycles. The molecule has 4 heterocycles. The molecule has 0 spiro atoms. The third kappa shape index (κ3) is 2.47. The molecule has 5 nitrogen and oxygen atoms in total. The van der Waals surface area contributed by atoms with Crippen molar-refractivity contribution in [3.05, 3.63) is 84.4 Å². The Hall–Kier alpha value is -3.09. The number of nitrogens with two attached hydrogens (primary N) is 1. The minimum absolute atomic E-state index is 0.306. The first-order valence-corrected chi connectivity index (χ1v) is 9.10. The molecule has 6 heteroatoms. The van der Waals surface area contributed by atoms with Gasteiger partial charge < -0.3 is 5.73 Å². The van der Waals surface area contributed by atoms with Crippen LogP contribution in [0.2, 0.25) is 0 Å². The lowest BCUT2D eigenvalue weighted by molar-refractivity contribution is 0.770. The Balaban J connectivity index is 1.63. The summed E-state index contributed by atoms with van der Waals surface area (Å²) >= 11 is 1.74. The van der Waals surface area contributed by atoms with Gasteiger partial charge in [-0.15, -0.1) is 11.3 Å². The molecule has 5 rings (SSSR count). The maximum absolute atomic E-state index is 6.40. The Morgan fingerprint density at radius 3 is 2.69 bits per heavy atom. The normalized spacial score (nSPS) is 12.7. The minimum atomic E-state index is -0.306. The molecule has 0 amide bonds. The van der Waals surface area contributed by atoms with Crippen LogP contribution in [0.1, 0.15) is 17.3 Å². The number of imidazole rings is 1.